The molecule has 0 aromatic carbocycles. The van der Waals surface area contributed by atoms with Crippen molar-refractivity contribution in [2.24, 2.45) is 7.05 Å². The Kier molecular flexibility index (Phi) is 2.59. The van der Waals surface area contributed by atoms with Gasteiger partial charge in [0.25, 0.3) is 0 Å². The molecule has 2 saturated heterocycles. The molecule has 0 saturated carbocycles. The van der Waals surface area contributed by atoms with Gasteiger partial charge < -0.3 is 9.88 Å². The number of nitrogens with zero attached hydrogens (tertiary/aromatic N) is 3. The van der Waals surface area contributed by atoms with Gasteiger partial charge in [-0.25, -0.2) is 4.79 Å². The van der Waals surface area contributed by atoms with Crippen LogP contribution in [0.2, 0.25) is 0 Å². The van der Waals surface area contributed by atoms with Crippen LogP contribution in [0.3, 0.4) is 0 Å². The lowest BCUT2D eigenvalue weighted by Crippen LogP contribution is -2.60. The zero-order valence-electron chi connectivity index (χ0n) is 10.3. The van der Waals surface area contributed by atoms with Gasteiger partial charge in [-0.05, 0) is 12.1 Å². The van der Waals surface area contributed by atoms with E-state index in [2.05, 4.69) is 20.9 Å². The van der Waals surface area contributed by atoms with Gasteiger partial charge in [-0.3, -0.25) is 14.6 Å². The summed E-state index contributed by atoms with van der Waals surface area (Å²) in [6.45, 7) is 2.55. The van der Waals surface area contributed by atoms with E-state index in [9.17, 15) is 9.59 Å². The van der Waals surface area contributed by atoms with Gasteiger partial charge in [0, 0.05) is 38.6 Å². The minimum Gasteiger partial charge on any atom is -0.353 e. The highest BCUT2D eigenvalue weighted by Crippen LogP contribution is 2.19. The van der Waals surface area contributed by atoms with Gasteiger partial charge in [-0.2, -0.15) is 0 Å². The molecule has 0 bridgehead atoms. The van der Waals surface area contributed by atoms with Crippen LogP contribution in [-0.2, 0) is 18.4 Å². The molecular formula is C12H16N4O2. The molecule has 0 atom stereocenters. The average molecular weight is 248 g/mol. The molecule has 0 radical (unpaired) electrons. The number of nitrogens with one attached hydrogen (secondary N) is 1. The number of imide groups is 1. The van der Waals surface area contributed by atoms with Gasteiger partial charge in [0.15, 0.2) is 0 Å². The monoisotopic (exact) mass is 248 g/mol. The van der Waals surface area contributed by atoms with E-state index in [1.807, 2.05) is 19.3 Å². The lowest BCUT2D eigenvalue weighted by molar-refractivity contribution is -0.129. The number of hydrogen-bond donors (Lipinski definition) is 1. The normalized spacial score (nSPS) is 21.3. The third kappa shape index (κ3) is 1.78. The molecule has 18 heavy (non-hydrogen) atoms. The predicted molar refractivity (Wildman–Crippen MR) is 64.7 cm³/mol. The maximum absolute atomic E-state index is 11.5. The highest BCUT2D eigenvalue weighted by molar-refractivity contribution is 6.02. The summed E-state index contributed by atoms with van der Waals surface area (Å²) in [5.41, 5.74) is 1.24. The summed E-state index contributed by atoms with van der Waals surface area (Å²) >= 11 is 0. The topological polar surface area (TPSA) is 57.6 Å². The van der Waals surface area contributed by atoms with Crippen molar-refractivity contribution in [2.45, 2.75) is 12.6 Å². The molecule has 2 aliphatic heterocycles. The van der Waals surface area contributed by atoms with Gasteiger partial charge in [0.05, 0.1) is 12.6 Å². The number of carbonyl (C=O) groups excluding carboxylic acids is 2. The summed E-state index contributed by atoms with van der Waals surface area (Å²) in [4.78, 5) is 26.6. The molecule has 3 amide bonds. The number of likely N-dealkylation sites (tertiary alicyclic amines) is 1. The number of rotatable bonds is 3. The van der Waals surface area contributed by atoms with Crippen LogP contribution in [0.1, 0.15) is 5.69 Å². The minimum atomic E-state index is -0.247. The van der Waals surface area contributed by atoms with Crippen molar-refractivity contribution in [2.75, 3.05) is 19.6 Å². The first-order chi connectivity index (χ1) is 8.65. The number of aryl methyl sites for hydroxylation is 1. The van der Waals surface area contributed by atoms with Gasteiger partial charge >= 0.3 is 6.03 Å². The van der Waals surface area contributed by atoms with Gasteiger partial charge in [0.2, 0.25) is 5.91 Å². The van der Waals surface area contributed by atoms with Crippen LogP contribution in [0.15, 0.2) is 18.3 Å². The SMILES string of the molecule is Cn1cccc1CN1CC(N2C(=O)CNC2=O)C1. The average Bonchev–Trinajstić information content (AvgIpc) is 2.81. The van der Waals surface area contributed by atoms with Crippen molar-refractivity contribution in [3.8, 4) is 0 Å². The molecular weight excluding hydrogens is 232 g/mol. The Morgan fingerprint density at radius 1 is 1.39 bits per heavy atom. The number of amides is 3. The molecule has 2 aliphatic rings. The molecule has 1 N–H and O–H groups in total. The second-order valence-corrected chi connectivity index (χ2v) is 4.88. The Bertz CT molecular complexity index is 474. The van der Waals surface area contributed by atoms with Crippen molar-refractivity contribution in [1.82, 2.24) is 19.7 Å². The van der Waals surface area contributed by atoms with E-state index in [1.54, 1.807) is 0 Å². The molecule has 3 rings (SSSR count). The molecule has 0 aliphatic carbocycles. The Morgan fingerprint density at radius 2 is 2.17 bits per heavy atom. The van der Waals surface area contributed by atoms with Crippen molar-refractivity contribution >= 4 is 11.9 Å². The molecule has 6 heteroatoms. The number of urea groups is 1. The van der Waals surface area contributed by atoms with Crippen molar-refractivity contribution in [3.63, 3.8) is 0 Å². The van der Waals surface area contributed by atoms with Gasteiger partial charge in [0.1, 0.15) is 0 Å². The molecule has 1 aromatic heterocycles. The number of aromatic nitrogens is 1. The van der Waals surface area contributed by atoms with Crippen LogP contribution in [0.25, 0.3) is 0 Å². The lowest BCUT2D eigenvalue weighted by atomic mass is 10.1. The quantitative estimate of drug-likeness (QED) is 0.751. The molecule has 0 spiro atoms. The number of hydrogen-bond acceptors (Lipinski definition) is 3. The third-order valence-corrected chi connectivity index (χ3v) is 3.62. The summed E-state index contributed by atoms with van der Waals surface area (Å²) in [6, 6.07) is 3.90. The van der Waals surface area contributed by atoms with Crippen molar-refractivity contribution in [3.05, 3.63) is 24.0 Å². The van der Waals surface area contributed by atoms with Crippen LogP contribution in [-0.4, -0.2) is 52.0 Å². The van der Waals surface area contributed by atoms with Crippen molar-refractivity contribution in [1.29, 1.82) is 0 Å². The van der Waals surface area contributed by atoms with Gasteiger partial charge in [-0.15, -0.1) is 0 Å². The standard InChI is InChI=1S/C12H16N4O2/c1-14-4-2-3-9(14)6-15-7-10(8-15)16-11(17)5-13-12(16)18/h2-4,10H,5-8H2,1H3,(H,13,18). The van der Waals surface area contributed by atoms with E-state index in [0.29, 0.717) is 0 Å². The van der Waals surface area contributed by atoms with Gasteiger partial charge in [-0.1, -0.05) is 0 Å². The second kappa shape index (κ2) is 4.13. The summed E-state index contributed by atoms with van der Waals surface area (Å²) < 4.78 is 2.08. The van der Waals surface area contributed by atoms with E-state index >= 15 is 0 Å². The second-order valence-electron chi connectivity index (χ2n) is 4.88. The lowest BCUT2D eigenvalue weighted by Gasteiger charge is -2.42. The first-order valence-corrected chi connectivity index (χ1v) is 6.07. The molecule has 3 heterocycles. The van der Waals surface area contributed by atoms with Crippen LogP contribution < -0.4 is 5.32 Å². The van der Waals surface area contributed by atoms with E-state index in [0.717, 1.165) is 19.6 Å². The van der Waals surface area contributed by atoms with Crippen LogP contribution >= 0.6 is 0 Å². The zero-order valence-corrected chi connectivity index (χ0v) is 10.3. The first-order valence-electron chi connectivity index (χ1n) is 6.07. The molecule has 1 aromatic rings. The van der Waals surface area contributed by atoms with E-state index < -0.39 is 0 Å². The Labute approximate surface area is 105 Å². The maximum Gasteiger partial charge on any atom is 0.324 e. The highest BCUT2D eigenvalue weighted by Gasteiger charge is 2.41. The highest BCUT2D eigenvalue weighted by atomic mass is 16.2. The van der Waals surface area contributed by atoms with Crippen LogP contribution in [0.5, 0.6) is 0 Å². The Morgan fingerprint density at radius 3 is 2.72 bits per heavy atom. The molecule has 6 nitrogen and oxygen atoms in total. The fraction of sp³-hybridized carbons (Fsp3) is 0.500. The molecule has 96 valence electrons. The Hall–Kier alpha value is -1.82. The summed E-state index contributed by atoms with van der Waals surface area (Å²) in [6.07, 6.45) is 2.02. The van der Waals surface area contributed by atoms with Crippen LogP contribution in [0, 0.1) is 0 Å². The van der Waals surface area contributed by atoms with Crippen LogP contribution in [0.4, 0.5) is 4.79 Å². The van der Waals surface area contributed by atoms with Crippen molar-refractivity contribution < 1.29 is 9.59 Å². The minimum absolute atomic E-state index is 0.0419. The fourth-order valence-corrected chi connectivity index (χ4v) is 2.53. The summed E-state index contributed by atoms with van der Waals surface area (Å²) in [7, 11) is 2.02. The predicted octanol–water partition coefficient (Wildman–Crippen LogP) is -0.239. The van der Waals surface area contributed by atoms with E-state index in [-0.39, 0.29) is 24.5 Å². The summed E-state index contributed by atoms with van der Waals surface area (Å²) in [5.74, 6) is -0.108. The number of carbonyl (C=O) groups is 2. The first kappa shape index (κ1) is 11.3. The van der Waals surface area contributed by atoms with E-state index in [1.165, 1.54) is 10.6 Å². The smallest absolute Gasteiger partial charge is 0.324 e. The molecule has 0 unspecified atom stereocenters. The molecule has 2 fully saturated rings. The van der Waals surface area contributed by atoms with E-state index in [4.69, 9.17) is 0 Å². The third-order valence-electron chi connectivity index (χ3n) is 3.62. The largest absolute Gasteiger partial charge is 0.353 e. The summed E-state index contributed by atoms with van der Waals surface area (Å²) in [5, 5.41) is 2.55. The zero-order chi connectivity index (χ0) is 12.7. The maximum atomic E-state index is 11.5. The Balaban J connectivity index is 1.56. The fourth-order valence-electron chi connectivity index (χ4n) is 2.53.